The topological polar surface area (TPSA) is 75.7 Å². The molecule has 29 heavy (non-hydrogen) atoms. The second-order valence-corrected chi connectivity index (χ2v) is 10.7. The number of carbonyl (C=O) groups excluding carboxylic acids is 1. The quantitative estimate of drug-likeness (QED) is 0.573. The molecule has 0 bridgehead atoms. The highest BCUT2D eigenvalue weighted by molar-refractivity contribution is 9.11. The van der Waals surface area contributed by atoms with Crippen LogP contribution in [-0.2, 0) is 14.8 Å². The fourth-order valence-corrected chi connectivity index (χ4v) is 5.65. The van der Waals surface area contributed by atoms with Crippen LogP contribution in [0.3, 0.4) is 0 Å². The van der Waals surface area contributed by atoms with Crippen molar-refractivity contribution in [2.45, 2.75) is 24.7 Å². The van der Waals surface area contributed by atoms with Gasteiger partial charge in [0.1, 0.15) is 5.75 Å². The van der Waals surface area contributed by atoms with Gasteiger partial charge in [0, 0.05) is 23.2 Å². The van der Waals surface area contributed by atoms with Crippen molar-refractivity contribution in [2.24, 2.45) is 5.92 Å². The van der Waals surface area contributed by atoms with Crippen LogP contribution in [0.5, 0.6) is 5.75 Å². The molecule has 2 aromatic carbocycles. The van der Waals surface area contributed by atoms with Gasteiger partial charge in [0.2, 0.25) is 10.0 Å². The summed E-state index contributed by atoms with van der Waals surface area (Å²) >= 11 is 6.74. The first-order chi connectivity index (χ1) is 13.8. The lowest BCUT2D eigenvalue weighted by Gasteiger charge is -2.29. The molecule has 2 aromatic rings. The zero-order chi connectivity index (χ0) is 21.0. The minimum absolute atomic E-state index is 0.160. The van der Waals surface area contributed by atoms with E-state index in [9.17, 15) is 13.2 Å². The number of hydrogen-bond acceptors (Lipinski definition) is 4. The molecule has 0 unspecified atom stereocenters. The van der Waals surface area contributed by atoms with Crippen LogP contribution < -0.4 is 10.1 Å². The summed E-state index contributed by atoms with van der Waals surface area (Å²) in [5.41, 5.74) is 0.514. The smallest absolute Gasteiger partial charge is 0.262 e. The third-order valence-electron chi connectivity index (χ3n) is 4.77. The standard InChI is InChI=1S/C20H22Br2N2O4S/c1-14-8-10-24(11-9-14)29(26,27)17-5-3-16(4-6-17)23-20(25)13-28-19-7-2-15(21)12-18(19)22/h2-7,12,14H,8-11,13H2,1H3,(H,23,25). The number of amides is 1. The second-order valence-electron chi connectivity index (χ2n) is 7.02. The van der Waals surface area contributed by atoms with Crippen molar-refractivity contribution in [3.63, 3.8) is 0 Å². The van der Waals surface area contributed by atoms with Gasteiger partial charge >= 0.3 is 0 Å². The lowest BCUT2D eigenvalue weighted by molar-refractivity contribution is -0.118. The number of anilines is 1. The Hall–Kier alpha value is -1.42. The molecule has 0 aromatic heterocycles. The average Bonchev–Trinajstić information content (AvgIpc) is 2.68. The number of halogens is 2. The fraction of sp³-hybridized carbons (Fsp3) is 0.350. The molecule has 1 fully saturated rings. The number of ether oxygens (including phenoxy) is 1. The number of piperidine rings is 1. The Balaban J connectivity index is 1.57. The summed E-state index contributed by atoms with van der Waals surface area (Å²) in [5.74, 6) is 0.778. The van der Waals surface area contributed by atoms with E-state index in [4.69, 9.17) is 4.74 Å². The molecule has 6 nitrogen and oxygen atoms in total. The third kappa shape index (κ3) is 5.81. The van der Waals surface area contributed by atoms with Crippen LogP contribution in [0.25, 0.3) is 0 Å². The van der Waals surface area contributed by atoms with Gasteiger partial charge in [-0.05, 0) is 77.2 Å². The maximum absolute atomic E-state index is 12.8. The zero-order valence-corrected chi connectivity index (χ0v) is 19.9. The number of benzene rings is 2. The molecule has 0 saturated carbocycles. The van der Waals surface area contributed by atoms with Crippen LogP contribution in [0, 0.1) is 5.92 Å². The lowest BCUT2D eigenvalue weighted by Crippen LogP contribution is -2.37. The van der Waals surface area contributed by atoms with E-state index >= 15 is 0 Å². The van der Waals surface area contributed by atoms with Gasteiger partial charge in [-0.15, -0.1) is 0 Å². The summed E-state index contributed by atoms with van der Waals surface area (Å²) in [4.78, 5) is 12.4. The maximum Gasteiger partial charge on any atom is 0.262 e. The summed E-state index contributed by atoms with van der Waals surface area (Å²) < 4.78 is 34.2. The number of carbonyl (C=O) groups is 1. The highest BCUT2D eigenvalue weighted by atomic mass is 79.9. The van der Waals surface area contributed by atoms with Crippen LogP contribution in [-0.4, -0.2) is 38.3 Å². The van der Waals surface area contributed by atoms with Gasteiger partial charge in [0.15, 0.2) is 6.61 Å². The van der Waals surface area contributed by atoms with Crippen molar-refractivity contribution in [2.75, 3.05) is 25.0 Å². The van der Waals surface area contributed by atoms with Crippen molar-refractivity contribution in [1.29, 1.82) is 0 Å². The minimum Gasteiger partial charge on any atom is -0.483 e. The van der Waals surface area contributed by atoms with Gasteiger partial charge in [0.05, 0.1) is 9.37 Å². The molecule has 1 aliphatic rings. The van der Waals surface area contributed by atoms with Gasteiger partial charge in [-0.25, -0.2) is 8.42 Å². The number of hydrogen-bond donors (Lipinski definition) is 1. The van der Waals surface area contributed by atoms with E-state index in [0.717, 1.165) is 21.8 Å². The highest BCUT2D eigenvalue weighted by Crippen LogP contribution is 2.28. The minimum atomic E-state index is -3.50. The van der Waals surface area contributed by atoms with Crippen LogP contribution in [0.1, 0.15) is 19.8 Å². The Morgan fingerprint density at radius 1 is 1.14 bits per heavy atom. The molecule has 0 radical (unpaired) electrons. The molecule has 1 aliphatic heterocycles. The Labute approximate surface area is 187 Å². The Morgan fingerprint density at radius 3 is 2.41 bits per heavy atom. The van der Waals surface area contributed by atoms with Crippen molar-refractivity contribution in [3.05, 3.63) is 51.4 Å². The molecule has 1 amide bonds. The summed E-state index contributed by atoms with van der Waals surface area (Å²) in [6.07, 6.45) is 1.75. The Kier molecular flexibility index (Phi) is 7.37. The number of nitrogens with one attached hydrogen (secondary N) is 1. The SMILES string of the molecule is CC1CCN(S(=O)(=O)c2ccc(NC(=O)COc3ccc(Br)cc3Br)cc2)CC1. The fourth-order valence-electron chi connectivity index (χ4n) is 3.02. The average molecular weight is 546 g/mol. The number of rotatable bonds is 6. The summed E-state index contributed by atoms with van der Waals surface area (Å²) in [5, 5.41) is 2.71. The van der Waals surface area contributed by atoms with Crippen molar-refractivity contribution in [3.8, 4) is 5.75 Å². The van der Waals surface area contributed by atoms with E-state index in [0.29, 0.717) is 30.4 Å². The summed E-state index contributed by atoms with van der Waals surface area (Å²) in [7, 11) is -3.50. The van der Waals surface area contributed by atoms with E-state index in [2.05, 4.69) is 44.1 Å². The van der Waals surface area contributed by atoms with Gasteiger partial charge in [-0.1, -0.05) is 22.9 Å². The zero-order valence-electron chi connectivity index (χ0n) is 15.9. The largest absolute Gasteiger partial charge is 0.483 e. The molecule has 1 saturated heterocycles. The van der Waals surface area contributed by atoms with Crippen LogP contribution >= 0.6 is 31.9 Å². The molecule has 0 atom stereocenters. The normalized spacial score (nSPS) is 15.8. The van der Waals surface area contributed by atoms with E-state index in [1.165, 1.54) is 16.4 Å². The van der Waals surface area contributed by atoms with Crippen LogP contribution in [0.4, 0.5) is 5.69 Å². The first-order valence-corrected chi connectivity index (χ1v) is 12.3. The van der Waals surface area contributed by atoms with Gasteiger partial charge in [-0.2, -0.15) is 4.31 Å². The molecule has 0 spiro atoms. The number of sulfonamides is 1. The third-order valence-corrected chi connectivity index (χ3v) is 7.80. The Bertz CT molecular complexity index is 972. The molecule has 1 heterocycles. The molecule has 0 aliphatic carbocycles. The van der Waals surface area contributed by atoms with Crippen LogP contribution in [0.15, 0.2) is 56.3 Å². The van der Waals surface area contributed by atoms with Gasteiger partial charge < -0.3 is 10.1 Å². The molecule has 1 N–H and O–H groups in total. The predicted octanol–water partition coefficient (Wildman–Crippen LogP) is 4.65. The van der Waals surface area contributed by atoms with E-state index in [1.54, 1.807) is 18.2 Å². The van der Waals surface area contributed by atoms with Gasteiger partial charge in [0.25, 0.3) is 5.91 Å². The van der Waals surface area contributed by atoms with Gasteiger partial charge in [-0.3, -0.25) is 4.79 Å². The molecular formula is C20H22Br2N2O4S. The maximum atomic E-state index is 12.8. The van der Waals surface area contributed by atoms with Crippen molar-refractivity contribution in [1.82, 2.24) is 4.31 Å². The van der Waals surface area contributed by atoms with Crippen LogP contribution in [0.2, 0.25) is 0 Å². The predicted molar refractivity (Wildman–Crippen MR) is 120 cm³/mol. The number of nitrogens with zero attached hydrogens (tertiary/aromatic N) is 1. The van der Waals surface area contributed by atoms with E-state index in [1.807, 2.05) is 12.1 Å². The van der Waals surface area contributed by atoms with Crippen molar-refractivity contribution >= 4 is 53.5 Å². The summed E-state index contributed by atoms with van der Waals surface area (Å²) in [6.45, 7) is 3.07. The molecule has 3 rings (SSSR count). The van der Waals surface area contributed by atoms with E-state index in [-0.39, 0.29) is 17.4 Å². The molecular weight excluding hydrogens is 524 g/mol. The molecule has 156 valence electrons. The lowest BCUT2D eigenvalue weighted by atomic mass is 10.0. The van der Waals surface area contributed by atoms with E-state index < -0.39 is 10.0 Å². The monoisotopic (exact) mass is 544 g/mol. The highest BCUT2D eigenvalue weighted by Gasteiger charge is 2.27. The first kappa shape index (κ1) is 22.3. The summed E-state index contributed by atoms with van der Waals surface area (Å²) in [6, 6.07) is 11.6. The Morgan fingerprint density at radius 2 is 1.79 bits per heavy atom. The second kappa shape index (κ2) is 9.59. The van der Waals surface area contributed by atoms with Crippen molar-refractivity contribution < 1.29 is 17.9 Å². The first-order valence-electron chi connectivity index (χ1n) is 9.23. The molecule has 9 heteroatoms.